The standard InChI is InChI=1S/C22H28N4O3/c1-4-21(27)24-19-8-5-7-18(15-19)22(28)25-23-16-17-9-11-20(12-10-17)29-14-6-13-26(2)3/h5,7-12,15-16H,4,6,13-14H2,1-3H3,(H,24,27)(H,25,28)/b23-16+. The number of carbonyl (C=O) groups excluding carboxylic acids is 2. The summed E-state index contributed by atoms with van der Waals surface area (Å²) in [5, 5.41) is 6.72. The number of anilines is 1. The highest BCUT2D eigenvalue weighted by Gasteiger charge is 2.06. The van der Waals surface area contributed by atoms with Crippen LogP contribution in [0.25, 0.3) is 0 Å². The molecule has 0 unspecified atom stereocenters. The largest absolute Gasteiger partial charge is 0.494 e. The van der Waals surface area contributed by atoms with E-state index in [4.69, 9.17) is 4.74 Å². The van der Waals surface area contributed by atoms with Crippen LogP contribution in [0.1, 0.15) is 35.7 Å². The maximum atomic E-state index is 12.2. The summed E-state index contributed by atoms with van der Waals surface area (Å²) in [6.07, 6.45) is 2.91. The van der Waals surface area contributed by atoms with Crippen molar-refractivity contribution < 1.29 is 14.3 Å². The SMILES string of the molecule is CCC(=O)Nc1cccc(C(=O)N/N=C/c2ccc(OCCCN(C)C)cc2)c1. The Bertz CT molecular complexity index is 832. The highest BCUT2D eigenvalue weighted by molar-refractivity contribution is 5.97. The monoisotopic (exact) mass is 396 g/mol. The summed E-state index contributed by atoms with van der Waals surface area (Å²) in [4.78, 5) is 25.8. The van der Waals surface area contributed by atoms with E-state index >= 15 is 0 Å². The molecule has 154 valence electrons. The minimum absolute atomic E-state index is 0.106. The van der Waals surface area contributed by atoms with Crippen LogP contribution >= 0.6 is 0 Å². The Hall–Kier alpha value is -3.19. The summed E-state index contributed by atoms with van der Waals surface area (Å²) in [6, 6.07) is 14.2. The molecule has 7 nitrogen and oxygen atoms in total. The quantitative estimate of drug-likeness (QED) is 0.367. The van der Waals surface area contributed by atoms with Crippen LogP contribution < -0.4 is 15.5 Å². The summed E-state index contributed by atoms with van der Waals surface area (Å²) in [5.41, 5.74) is 4.33. The van der Waals surface area contributed by atoms with Gasteiger partial charge in [0.15, 0.2) is 0 Å². The molecular weight excluding hydrogens is 368 g/mol. The van der Waals surface area contributed by atoms with E-state index in [1.807, 2.05) is 38.4 Å². The first-order chi connectivity index (χ1) is 14.0. The summed E-state index contributed by atoms with van der Waals surface area (Å²) >= 11 is 0. The van der Waals surface area contributed by atoms with Gasteiger partial charge in [-0.05, 0) is 68.5 Å². The molecule has 0 saturated heterocycles. The third kappa shape index (κ3) is 8.15. The zero-order chi connectivity index (χ0) is 21.1. The van der Waals surface area contributed by atoms with Crippen molar-refractivity contribution in [1.82, 2.24) is 10.3 Å². The predicted octanol–water partition coefficient (Wildman–Crippen LogP) is 3.13. The summed E-state index contributed by atoms with van der Waals surface area (Å²) < 4.78 is 5.69. The minimum atomic E-state index is -0.352. The third-order valence-electron chi connectivity index (χ3n) is 4.01. The lowest BCUT2D eigenvalue weighted by Gasteiger charge is -2.10. The number of nitrogens with one attached hydrogen (secondary N) is 2. The van der Waals surface area contributed by atoms with Crippen LogP contribution in [0.5, 0.6) is 5.75 Å². The number of rotatable bonds is 10. The van der Waals surface area contributed by atoms with Gasteiger partial charge in [0.05, 0.1) is 12.8 Å². The second-order valence-corrected chi connectivity index (χ2v) is 6.76. The Kier molecular flexibility index (Phi) is 8.85. The van der Waals surface area contributed by atoms with E-state index in [9.17, 15) is 9.59 Å². The van der Waals surface area contributed by atoms with Crippen molar-refractivity contribution in [2.45, 2.75) is 19.8 Å². The van der Waals surface area contributed by atoms with E-state index < -0.39 is 0 Å². The van der Waals surface area contributed by atoms with Gasteiger partial charge in [0.25, 0.3) is 5.91 Å². The van der Waals surface area contributed by atoms with Gasteiger partial charge in [0.1, 0.15) is 5.75 Å². The second-order valence-electron chi connectivity index (χ2n) is 6.76. The minimum Gasteiger partial charge on any atom is -0.494 e. The first-order valence-corrected chi connectivity index (χ1v) is 9.59. The molecule has 0 radical (unpaired) electrons. The fraction of sp³-hybridized carbons (Fsp3) is 0.318. The molecule has 7 heteroatoms. The molecule has 2 aromatic rings. The zero-order valence-corrected chi connectivity index (χ0v) is 17.1. The number of ether oxygens (including phenoxy) is 1. The molecule has 0 bridgehead atoms. The van der Waals surface area contributed by atoms with Gasteiger partial charge in [-0.3, -0.25) is 9.59 Å². The van der Waals surface area contributed by atoms with E-state index in [1.165, 1.54) is 0 Å². The van der Waals surface area contributed by atoms with Crippen LogP contribution in [0.3, 0.4) is 0 Å². The molecule has 0 aromatic heterocycles. The molecule has 0 aliphatic carbocycles. The van der Waals surface area contributed by atoms with Crippen LogP contribution in [0.4, 0.5) is 5.69 Å². The van der Waals surface area contributed by atoms with Gasteiger partial charge in [-0.2, -0.15) is 5.10 Å². The Labute approximate surface area is 171 Å². The normalized spacial score (nSPS) is 10.9. The van der Waals surface area contributed by atoms with Crippen LogP contribution in [-0.4, -0.2) is 50.2 Å². The van der Waals surface area contributed by atoms with Gasteiger partial charge in [-0.1, -0.05) is 13.0 Å². The Morgan fingerprint density at radius 1 is 1.14 bits per heavy atom. The first-order valence-electron chi connectivity index (χ1n) is 9.59. The average Bonchev–Trinajstić information content (AvgIpc) is 2.72. The number of amides is 2. The first kappa shape index (κ1) is 22.1. The molecule has 2 N–H and O–H groups in total. The predicted molar refractivity (Wildman–Crippen MR) is 116 cm³/mol. The summed E-state index contributed by atoms with van der Waals surface area (Å²) in [6.45, 7) is 3.42. The molecule has 0 saturated carbocycles. The van der Waals surface area contributed by atoms with Crippen LogP contribution in [0, 0.1) is 0 Å². The van der Waals surface area contributed by atoms with Gasteiger partial charge in [0, 0.05) is 24.2 Å². The van der Waals surface area contributed by atoms with Crippen molar-refractivity contribution in [3.8, 4) is 5.75 Å². The van der Waals surface area contributed by atoms with Crippen LogP contribution in [0.2, 0.25) is 0 Å². The molecule has 2 amide bonds. The van der Waals surface area contributed by atoms with Crippen molar-refractivity contribution in [2.75, 3.05) is 32.6 Å². The number of nitrogens with zero attached hydrogens (tertiary/aromatic N) is 2. The van der Waals surface area contributed by atoms with Crippen molar-refractivity contribution in [2.24, 2.45) is 5.10 Å². The van der Waals surface area contributed by atoms with Gasteiger partial charge >= 0.3 is 0 Å². The topological polar surface area (TPSA) is 83.0 Å². The van der Waals surface area contributed by atoms with Gasteiger partial charge < -0.3 is 15.0 Å². The van der Waals surface area contributed by atoms with Crippen molar-refractivity contribution in [1.29, 1.82) is 0 Å². The van der Waals surface area contributed by atoms with Crippen LogP contribution in [-0.2, 0) is 4.79 Å². The number of hydrazone groups is 1. The van der Waals surface area contributed by atoms with E-state index in [-0.39, 0.29) is 11.8 Å². The molecule has 2 aromatic carbocycles. The van der Waals surface area contributed by atoms with Gasteiger partial charge in [-0.15, -0.1) is 0 Å². The van der Waals surface area contributed by atoms with E-state index in [0.717, 1.165) is 24.3 Å². The van der Waals surface area contributed by atoms with Crippen molar-refractivity contribution in [3.05, 3.63) is 59.7 Å². The number of carbonyl (C=O) groups is 2. The molecule has 29 heavy (non-hydrogen) atoms. The molecule has 0 fully saturated rings. The lowest BCUT2D eigenvalue weighted by atomic mass is 10.2. The van der Waals surface area contributed by atoms with E-state index in [2.05, 4.69) is 20.7 Å². The fourth-order valence-corrected chi connectivity index (χ4v) is 2.44. The highest BCUT2D eigenvalue weighted by Crippen LogP contribution is 2.12. The maximum Gasteiger partial charge on any atom is 0.271 e. The lowest BCUT2D eigenvalue weighted by molar-refractivity contribution is -0.115. The molecule has 2 rings (SSSR count). The number of hydrogen-bond donors (Lipinski definition) is 2. The molecular formula is C22H28N4O3. The summed E-state index contributed by atoms with van der Waals surface area (Å²) in [5.74, 6) is 0.344. The molecule has 0 heterocycles. The third-order valence-corrected chi connectivity index (χ3v) is 4.01. The van der Waals surface area contributed by atoms with Gasteiger partial charge in [-0.25, -0.2) is 5.43 Å². The molecule has 0 spiro atoms. The second kappa shape index (κ2) is 11.6. The Balaban J connectivity index is 1.84. The number of benzene rings is 2. The molecule has 0 aliphatic heterocycles. The van der Waals surface area contributed by atoms with Gasteiger partial charge in [0.2, 0.25) is 5.91 Å². The lowest BCUT2D eigenvalue weighted by Crippen LogP contribution is -2.18. The van der Waals surface area contributed by atoms with Crippen molar-refractivity contribution in [3.63, 3.8) is 0 Å². The molecule has 0 atom stereocenters. The van der Waals surface area contributed by atoms with E-state index in [1.54, 1.807) is 37.4 Å². The van der Waals surface area contributed by atoms with Crippen molar-refractivity contribution >= 4 is 23.7 Å². The number of hydrogen-bond acceptors (Lipinski definition) is 5. The smallest absolute Gasteiger partial charge is 0.271 e. The average molecular weight is 396 g/mol. The molecule has 0 aliphatic rings. The Morgan fingerprint density at radius 2 is 1.90 bits per heavy atom. The maximum absolute atomic E-state index is 12.2. The highest BCUT2D eigenvalue weighted by atomic mass is 16.5. The summed E-state index contributed by atoms with van der Waals surface area (Å²) in [7, 11) is 4.07. The fourth-order valence-electron chi connectivity index (χ4n) is 2.44. The van der Waals surface area contributed by atoms with Crippen LogP contribution in [0.15, 0.2) is 53.6 Å². The van der Waals surface area contributed by atoms with E-state index in [0.29, 0.717) is 24.3 Å². The zero-order valence-electron chi connectivity index (χ0n) is 17.1. The Morgan fingerprint density at radius 3 is 2.59 bits per heavy atom.